The van der Waals surface area contributed by atoms with Gasteiger partial charge in [-0.25, -0.2) is 50.5 Å². The summed E-state index contributed by atoms with van der Waals surface area (Å²) in [4.78, 5) is 172. The summed E-state index contributed by atoms with van der Waals surface area (Å²) in [6.07, 6.45) is 4.98. The second-order valence-corrected chi connectivity index (χ2v) is 46.5. The molecule has 0 rings (SSSR count). The summed E-state index contributed by atoms with van der Waals surface area (Å²) in [5.41, 5.74) is -5.77. The molecule has 7 atom stereocenters. The van der Waals surface area contributed by atoms with E-state index < -0.39 is 219 Å². The zero-order valence-corrected chi connectivity index (χ0v) is 127. The first-order valence-corrected chi connectivity index (χ1v) is 55.9. The maximum atomic E-state index is 11.8. The SMILES string of the molecule is CCC(C)(C)C(=O)NC(C)(C)CS(=O)(=O)[O-].CCC(C)(C)C(=O)OC(C)(C)CS(=O)(=O)[O-].CCC(C)(CC(=O)O)C(=O)OCCOP(=O)([O-])[O-].CCC(C)(Cl)C(=O)OCCCOP(=O)([O-])[O-].CCC(C)C(=O)NC(C)(C)CS(=O)(=O)[O-].CCC(C)C(=O)NCCS(=O)(=O)[O-].CCC(C)C(=O)OCCCS(=O)(=O)[O-].CCC(C)C(=O)OCCOP(=O)([O-])[O-].CCC(C)C(=O)OCCS(=O)(=O)[O-].[K+].[Na+].[Na+].[Na+].[Na+].[Na+].[Na+].[Na+].[Na+].[Na+].[Na+].[Na+]. The first-order chi connectivity index (χ1) is 60.1. The minimum atomic E-state index is -5.08. The number of hydrogen-bond acceptors (Lipinski definition) is 46. The summed E-state index contributed by atoms with van der Waals surface area (Å²) >= 11 is 5.81. The number of carboxylic acids is 1. The molecule has 7 unspecified atom stereocenters. The summed E-state index contributed by atoms with van der Waals surface area (Å²) in [6.45, 7) is 41.2. The van der Waals surface area contributed by atoms with E-state index in [9.17, 15) is 169 Å². The minimum Gasteiger partial charge on any atom is -0.790 e. The summed E-state index contributed by atoms with van der Waals surface area (Å²) < 4.78 is 257. The van der Waals surface area contributed by atoms with Crippen LogP contribution in [0.15, 0.2) is 0 Å². The first-order valence-electron chi connectivity index (χ1n) is 41.6. The quantitative estimate of drug-likeness (QED) is 0.00835. The van der Waals surface area contributed by atoms with Crippen molar-refractivity contribution in [2.45, 2.75) is 279 Å². The number of phosphoric ester groups is 3. The number of amides is 3. The Morgan fingerprint density at radius 2 is 0.646 bits per heavy atom. The first kappa shape index (κ1) is 204. The Kier molecular flexibility index (Phi) is 141. The van der Waals surface area contributed by atoms with Gasteiger partial charge >= 0.3 is 418 Å². The smallest absolute Gasteiger partial charge is 0.790 e. The van der Waals surface area contributed by atoms with E-state index in [2.05, 4.69) is 43.7 Å². The molecule has 0 fully saturated rings. The molecule has 0 bridgehead atoms. The number of rotatable bonds is 52. The fourth-order valence-electron chi connectivity index (χ4n) is 7.58. The van der Waals surface area contributed by atoms with Gasteiger partial charge in [0.2, 0.25) is 17.7 Å². The molecule has 72 heteroatoms. The van der Waals surface area contributed by atoms with Crippen LogP contribution in [-0.4, -0.2) is 258 Å². The average molecular weight is 2450 g/mol. The van der Waals surface area contributed by atoms with E-state index in [0.29, 0.717) is 51.4 Å². The van der Waals surface area contributed by atoms with Crippen LogP contribution in [0.4, 0.5) is 0 Å². The van der Waals surface area contributed by atoms with Crippen LogP contribution in [0, 0.1) is 45.8 Å². The monoisotopic (exact) mass is 2450 g/mol. The van der Waals surface area contributed by atoms with Crippen LogP contribution in [0.1, 0.15) is 257 Å². The van der Waals surface area contributed by atoms with Gasteiger partial charge < -0.3 is 133 Å². The molecule has 0 aromatic heterocycles. The number of ether oxygens (including phenoxy) is 6. The van der Waals surface area contributed by atoms with Gasteiger partial charge in [0.25, 0.3) is 0 Å². The molecule has 0 aliphatic carbocycles. The number of halogens is 1. The van der Waals surface area contributed by atoms with Crippen molar-refractivity contribution in [2.75, 3.05) is 93.9 Å². The predicted octanol–water partition coefficient (Wildman–Crippen LogP) is -34.1. The molecule has 0 aliphatic heterocycles. The van der Waals surface area contributed by atoms with Crippen molar-refractivity contribution in [3.05, 3.63) is 0 Å². The second-order valence-electron chi connectivity index (χ2n) is 33.4. The minimum absolute atomic E-state index is 0. The summed E-state index contributed by atoms with van der Waals surface area (Å²) in [6, 6.07) is 0. The number of phosphoric acid groups is 3. The molecule has 4 N–H and O–H groups in total. The van der Waals surface area contributed by atoms with Crippen LogP contribution in [0.5, 0.6) is 0 Å². The van der Waals surface area contributed by atoms with E-state index in [4.69, 9.17) is 30.9 Å². The van der Waals surface area contributed by atoms with E-state index >= 15 is 0 Å². The molecule has 50 nitrogen and oxygen atoms in total. The van der Waals surface area contributed by atoms with Crippen LogP contribution in [-0.2, 0) is 164 Å². The fraction of sp³-hybridized carbons (Fsp3) is 0.867. The summed E-state index contributed by atoms with van der Waals surface area (Å²) in [7, 11) is -40.7. The van der Waals surface area contributed by atoms with Crippen LogP contribution in [0.2, 0.25) is 0 Å². The molecule has 808 valence electrons. The molecular formula is C75H141ClKN3Na11O47P3S6. The average Bonchev–Trinajstić information content (AvgIpc) is 0.844. The standard InChI is InChI=1S/C10H21NO4S.C10H20O5S.C9H19NO4S.C9H17O8P.C8H16ClO6P.C8H16O5S.C7H15NO4S.C7H15O6P.C7H14O5S.K.11Na/c1-6-9(2,3)8(12)11-10(4,5)7-16(13,14)15;1-6-9(2,3)8(11)15-10(4,5)7-16(12,13)14;1-5-7(2)8(11)10-9(3,4)6-15(12,13)14;1-3-9(2,6-7(10)11)8(12)16-4-5-17-18(13,14)15;1-3-8(2,9)7(10)14-5-4-6-15-16(11,12)13;1-3-7(2)8(9)13-5-4-6-14(10,11)12;1-3-6(2)7(9)8-4-5-13(10,11)12;1-3-6(2)7(8)12-4-5-13-14(9,10)11;1-3-6(2)7(8)12-4-5-13(9,10)11;;;;;;;;;;;;/h6-7H2,1-5H3,(H,11,12)(H,13,14,15);6-7H2,1-5H3,(H,12,13,14);7H,5-6H2,1-4H3,(H,10,11)(H,12,13,14);3-6H2,1-2H3,(H,10,11)(H2,13,14,15);3-6H2,1-2H3,(H2,11,12,13);7H,3-6H2,1-2H3,(H,10,11,12);6H,3-5H2,1-2H3,(H,8,9)(H,10,11,12);6H,3-5H2,1-2H3,(H2,9,10,11);6H,3-5H2,1-2H3,(H,9,10,11);;;;;;;;;;;;/q;;;;;;;;;12*+1/p-12. The Morgan fingerprint density at radius 1 is 0.347 bits per heavy atom. The zero-order chi connectivity index (χ0) is 109. The third-order valence-corrected chi connectivity index (χ3v) is 25.1. The largest absolute Gasteiger partial charge is 1.00 e. The van der Waals surface area contributed by atoms with E-state index in [1.54, 1.807) is 76.2 Å². The maximum Gasteiger partial charge on any atom is 1.00 e. The van der Waals surface area contributed by atoms with Gasteiger partial charge in [-0.2, -0.15) is 0 Å². The molecule has 0 aromatic carbocycles. The number of nitrogens with one attached hydrogen (secondary N) is 3. The van der Waals surface area contributed by atoms with Crippen molar-refractivity contribution < 1.29 is 592 Å². The number of alkyl halides is 1. The number of carboxylic acid groups (broad SMARTS) is 1. The predicted molar refractivity (Wildman–Crippen MR) is 470 cm³/mol. The van der Waals surface area contributed by atoms with Crippen molar-refractivity contribution in [2.24, 2.45) is 45.8 Å². The third kappa shape index (κ3) is 140. The van der Waals surface area contributed by atoms with Gasteiger partial charge in [0, 0.05) is 47.0 Å². The number of carbonyl (C=O) groups is 10. The molecule has 147 heavy (non-hydrogen) atoms. The van der Waals surface area contributed by atoms with Crippen molar-refractivity contribution in [3.8, 4) is 0 Å². The van der Waals surface area contributed by atoms with Gasteiger partial charge in [0.15, 0.2) is 0 Å². The molecule has 0 saturated heterocycles. The van der Waals surface area contributed by atoms with Crippen LogP contribution < -0.4 is 422 Å². The Bertz CT molecular complexity index is 4360. The molecule has 0 saturated carbocycles. The summed E-state index contributed by atoms with van der Waals surface area (Å²) in [5.74, 6) is -9.54. The van der Waals surface area contributed by atoms with E-state index in [1.165, 1.54) is 55.4 Å². The van der Waals surface area contributed by atoms with Gasteiger partial charge in [0.1, 0.15) is 30.3 Å². The molecule has 0 spiro atoms. The fourth-order valence-corrected chi connectivity index (χ4v) is 12.5. The second kappa shape index (κ2) is 101. The van der Waals surface area contributed by atoms with Gasteiger partial charge in [-0.1, -0.05) is 111 Å². The number of esters is 6. The molecule has 0 aliphatic rings. The topological polar surface area (TPSA) is 843 Å². The van der Waals surface area contributed by atoms with Crippen molar-refractivity contribution in [1.82, 2.24) is 16.0 Å². The van der Waals surface area contributed by atoms with Crippen molar-refractivity contribution in [3.63, 3.8) is 0 Å². The molecular weight excluding hydrogens is 2310 g/mol. The maximum absolute atomic E-state index is 11.8. The third-order valence-electron chi connectivity index (χ3n) is 17.8. The Balaban J connectivity index is -0.0000000634. The Labute approximate surface area is 1160 Å². The molecule has 0 aromatic rings. The number of carbonyl (C=O) groups excluding carboxylic acids is 9. The molecule has 0 radical (unpaired) electrons. The van der Waals surface area contributed by atoms with E-state index in [-0.39, 0.29) is 489 Å². The normalized spacial score (nSPS) is 13.0. The molecule has 3 amide bonds. The van der Waals surface area contributed by atoms with Gasteiger partial charge in [-0.15, -0.1) is 11.6 Å². The van der Waals surface area contributed by atoms with Gasteiger partial charge in [0.05, 0.1) is 181 Å². The van der Waals surface area contributed by atoms with Crippen LogP contribution in [0.3, 0.4) is 0 Å². The molecule has 0 heterocycles. The van der Waals surface area contributed by atoms with E-state index in [0.717, 1.165) is 0 Å². The van der Waals surface area contributed by atoms with Gasteiger partial charge in [-0.05, 0) is 133 Å². The number of hydrogen-bond donors (Lipinski definition) is 4. The van der Waals surface area contributed by atoms with Crippen molar-refractivity contribution in [1.29, 1.82) is 0 Å². The van der Waals surface area contributed by atoms with E-state index in [1.807, 2.05) is 48.5 Å². The van der Waals surface area contributed by atoms with Crippen molar-refractivity contribution >= 4 is 155 Å². The number of aliphatic carboxylic acids is 1. The zero-order valence-electron chi connectivity index (χ0n) is 93.4. The Morgan fingerprint density at radius 3 is 0.946 bits per heavy atom. The summed E-state index contributed by atoms with van der Waals surface area (Å²) in [5, 5.41) is 16.2. The Hall–Kier alpha value is 7.42. The van der Waals surface area contributed by atoms with Crippen LogP contribution >= 0.6 is 35.1 Å². The van der Waals surface area contributed by atoms with Crippen LogP contribution in [0.25, 0.3) is 0 Å². The van der Waals surface area contributed by atoms with Gasteiger partial charge in [-0.3, -0.25) is 47.9 Å².